The fraction of sp³-hybridized carbons (Fsp3) is 0.133. The average molecular weight is 255 g/mol. The number of amides is 2. The van der Waals surface area contributed by atoms with Crippen molar-refractivity contribution in [2.75, 3.05) is 10.7 Å². The summed E-state index contributed by atoms with van der Waals surface area (Å²) in [6, 6.07) is 15.0. The van der Waals surface area contributed by atoms with Crippen LogP contribution in [0.5, 0.6) is 0 Å². The lowest BCUT2D eigenvalue weighted by molar-refractivity contribution is 0.254. The highest BCUT2D eigenvalue weighted by Gasteiger charge is 2.04. The molecule has 2 amide bonds. The number of benzene rings is 2. The fourth-order valence-electron chi connectivity index (χ4n) is 1.69. The largest absolute Gasteiger partial charge is 0.337 e. The lowest BCUT2D eigenvalue weighted by Gasteiger charge is -2.12. The van der Waals surface area contributed by atoms with Crippen molar-refractivity contribution in [1.82, 2.24) is 5.43 Å². The summed E-state index contributed by atoms with van der Waals surface area (Å²) in [5.74, 6) is 0. The number of hydrogen-bond acceptors (Lipinski definition) is 2. The molecule has 2 aromatic carbocycles. The summed E-state index contributed by atoms with van der Waals surface area (Å²) in [6.45, 7) is 4.00. The molecule has 19 heavy (non-hydrogen) atoms. The van der Waals surface area contributed by atoms with Crippen molar-refractivity contribution in [2.24, 2.45) is 0 Å². The highest BCUT2D eigenvalue weighted by molar-refractivity contribution is 5.90. The maximum atomic E-state index is 11.8. The van der Waals surface area contributed by atoms with E-state index < -0.39 is 0 Å². The highest BCUT2D eigenvalue weighted by Crippen LogP contribution is 2.17. The Morgan fingerprint density at radius 1 is 0.947 bits per heavy atom. The zero-order chi connectivity index (χ0) is 13.7. The van der Waals surface area contributed by atoms with Crippen LogP contribution in [-0.4, -0.2) is 6.03 Å². The summed E-state index contributed by atoms with van der Waals surface area (Å²) < 4.78 is 0. The molecule has 0 aliphatic heterocycles. The summed E-state index contributed by atoms with van der Waals surface area (Å²) in [5.41, 5.74) is 9.29. The summed E-state index contributed by atoms with van der Waals surface area (Å²) in [5, 5.41) is 2.81. The molecular formula is C15H17N3O. The molecule has 98 valence electrons. The van der Waals surface area contributed by atoms with Gasteiger partial charge < -0.3 is 5.32 Å². The van der Waals surface area contributed by atoms with Crippen LogP contribution in [0.3, 0.4) is 0 Å². The van der Waals surface area contributed by atoms with Gasteiger partial charge in [-0.05, 0) is 43.2 Å². The Hall–Kier alpha value is -2.49. The van der Waals surface area contributed by atoms with E-state index in [1.807, 2.05) is 62.4 Å². The molecule has 4 nitrogen and oxygen atoms in total. The molecule has 0 aromatic heterocycles. The van der Waals surface area contributed by atoms with E-state index in [1.165, 1.54) is 0 Å². The van der Waals surface area contributed by atoms with Crippen LogP contribution in [0.1, 0.15) is 11.1 Å². The number of carbonyl (C=O) groups is 1. The second-order valence-electron chi connectivity index (χ2n) is 4.32. The van der Waals surface area contributed by atoms with Crippen molar-refractivity contribution in [1.29, 1.82) is 0 Å². The van der Waals surface area contributed by atoms with E-state index >= 15 is 0 Å². The molecule has 0 saturated heterocycles. The van der Waals surface area contributed by atoms with Gasteiger partial charge >= 0.3 is 6.03 Å². The molecule has 0 unspecified atom stereocenters. The maximum absolute atomic E-state index is 11.8. The van der Waals surface area contributed by atoms with E-state index in [2.05, 4.69) is 16.2 Å². The van der Waals surface area contributed by atoms with Gasteiger partial charge in [0.1, 0.15) is 0 Å². The fourth-order valence-corrected chi connectivity index (χ4v) is 1.69. The van der Waals surface area contributed by atoms with E-state index in [9.17, 15) is 4.79 Å². The van der Waals surface area contributed by atoms with E-state index in [1.54, 1.807) is 0 Å². The van der Waals surface area contributed by atoms with Crippen LogP contribution in [0.4, 0.5) is 16.2 Å². The van der Waals surface area contributed by atoms with E-state index in [-0.39, 0.29) is 6.03 Å². The molecule has 3 N–H and O–H groups in total. The summed E-state index contributed by atoms with van der Waals surface area (Å²) >= 11 is 0. The van der Waals surface area contributed by atoms with Crippen LogP contribution in [0.15, 0.2) is 48.5 Å². The first-order valence-electron chi connectivity index (χ1n) is 6.11. The van der Waals surface area contributed by atoms with Gasteiger partial charge in [0.05, 0.1) is 5.69 Å². The Bertz CT molecular complexity index is 567. The predicted molar refractivity (Wildman–Crippen MR) is 78.1 cm³/mol. The molecule has 0 fully saturated rings. The Labute approximate surface area is 112 Å². The Morgan fingerprint density at radius 2 is 1.68 bits per heavy atom. The Morgan fingerprint density at radius 3 is 2.42 bits per heavy atom. The van der Waals surface area contributed by atoms with Crippen LogP contribution >= 0.6 is 0 Å². The van der Waals surface area contributed by atoms with Gasteiger partial charge in [0.2, 0.25) is 0 Å². The number of carbonyl (C=O) groups excluding carboxylic acids is 1. The zero-order valence-electron chi connectivity index (χ0n) is 11.0. The number of para-hydroxylation sites is 1. The highest BCUT2D eigenvalue weighted by atomic mass is 16.2. The lowest BCUT2D eigenvalue weighted by atomic mass is 10.1. The van der Waals surface area contributed by atoms with Crippen LogP contribution in [0, 0.1) is 13.8 Å². The molecule has 0 aliphatic carbocycles. The number of urea groups is 1. The lowest BCUT2D eigenvalue weighted by Crippen LogP contribution is -2.33. The third kappa shape index (κ3) is 3.48. The minimum Gasteiger partial charge on any atom is -0.306 e. The number of anilines is 2. The third-order valence-electron chi connectivity index (χ3n) is 2.95. The number of rotatable bonds is 3. The Kier molecular flexibility index (Phi) is 4.03. The van der Waals surface area contributed by atoms with Gasteiger partial charge in [-0.15, -0.1) is 0 Å². The normalized spacial score (nSPS) is 9.79. The topological polar surface area (TPSA) is 53.2 Å². The second kappa shape index (κ2) is 5.91. The van der Waals surface area contributed by atoms with Gasteiger partial charge in [0.25, 0.3) is 0 Å². The molecule has 2 rings (SSSR count). The van der Waals surface area contributed by atoms with Crippen LogP contribution < -0.4 is 16.2 Å². The van der Waals surface area contributed by atoms with Gasteiger partial charge in [-0.3, -0.25) is 10.9 Å². The van der Waals surface area contributed by atoms with Crippen LogP contribution in [0.2, 0.25) is 0 Å². The van der Waals surface area contributed by atoms with E-state index in [0.717, 1.165) is 22.5 Å². The van der Waals surface area contributed by atoms with E-state index in [4.69, 9.17) is 0 Å². The van der Waals surface area contributed by atoms with Gasteiger partial charge in [-0.1, -0.05) is 30.3 Å². The molecule has 4 heteroatoms. The van der Waals surface area contributed by atoms with Crippen LogP contribution in [0.25, 0.3) is 0 Å². The number of hydrogen-bond donors (Lipinski definition) is 3. The van der Waals surface area contributed by atoms with E-state index in [0.29, 0.717) is 0 Å². The SMILES string of the molecule is Cc1cccc(NC(=O)NNc2ccccc2)c1C. The monoisotopic (exact) mass is 255 g/mol. The molecule has 0 spiro atoms. The molecule has 0 radical (unpaired) electrons. The van der Waals surface area contributed by atoms with Crippen LogP contribution in [-0.2, 0) is 0 Å². The van der Waals surface area contributed by atoms with Crippen molar-refractivity contribution >= 4 is 17.4 Å². The second-order valence-corrected chi connectivity index (χ2v) is 4.32. The number of aryl methyl sites for hydroxylation is 1. The van der Waals surface area contributed by atoms with Gasteiger partial charge in [-0.2, -0.15) is 0 Å². The molecule has 0 heterocycles. The molecule has 0 atom stereocenters. The molecule has 0 bridgehead atoms. The molecule has 0 saturated carbocycles. The van der Waals surface area contributed by atoms with Gasteiger partial charge in [0.15, 0.2) is 0 Å². The molecule has 0 aliphatic rings. The predicted octanol–water partition coefficient (Wildman–Crippen LogP) is 3.45. The molecular weight excluding hydrogens is 238 g/mol. The number of hydrazine groups is 1. The third-order valence-corrected chi connectivity index (χ3v) is 2.95. The standard InChI is InChI=1S/C15H17N3O/c1-11-7-6-10-14(12(11)2)16-15(19)18-17-13-8-4-3-5-9-13/h3-10,17H,1-2H3,(H2,16,18,19). The average Bonchev–Trinajstić information content (AvgIpc) is 2.43. The number of nitrogens with one attached hydrogen (secondary N) is 3. The smallest absolute Gasteiger partial charge is 0.306 e. The first-order valence-corrected chi connectivity index (χ1v) is 6.11. The van der Waals surface area contributed by atoms with Crippen molar-refractivity contribution in [3.8, 4) is 0 Å². The Balaban J connectivity index is 1.93. The zero-order valence-corrected chi connectivity index (χ0v) is 11.0. The first-order chi connectivity index (χ1) is 9.16. The minimum absolute atomic E-state index is 0.294. The quantitative estimate of drug-likeness (QED) is 0.736. The van der Waals surface area contributed by atoms with Gasteiger partial charge in [0, 0.05) is 5.69 Å². The summed E-state index contributed by atoms with van der Waals surface area (Å²) in [6.07, 6.45) is 0. The van der Waals surface area contributed by atoms with Gasteiger partial charge in [-0.25, -0.2) is 4.79 Å². The molecule has 2 aromatic rings. The minimum atomic E-state index is -0.294. The van der Waals surface area contributed by atoms with Crippen molar-refractivity contribution in [2.45, 2.75) is 13.8 Å². The first kappa shape index (κ1) is 13.0. The maximum Gasteiger partial charge on any atom is 0.337 e. The van der Waals surface area contributed by atoms with Crippen molar-refractivity contribution in [3.63, 3.8) is 0 Å². The van der Waals surface area contributed by atoms with Crippen molar-refractivity contribution < 1.29 is 4.79 Å². The summed E-state index contributed by atoms with van der Waals surface area (Å²) in [4.78, 5) is 11.8. The summed E-state index contributed by atoms with van der Waals surface area (Å²) in [7, 11) is 0. The van der Waals surface area contributed by atoms with Crippen molar-refractivity contribution in [3.05, 3.63) is 59.7 Å².